The lowest BCUT2D eigenvalue weighted by Crippen LogP contribution is -1.97. The summed E-state index contributed by atoms with van der Waals surface area (Å²) in [4.78, 5) is 14.8. The van der Waals surface area contributed by atoms with Gasteiger partial charge < -0.3 is 4.42 Å². The molecule has 0 atom stereocenters. The molecule has 248 valence electrons. The molecule has 10 rings (SSSR count). The summed E-state index contributed by atoms with van der Waals surface area (Å²) in [5.74, 6) is 0.663. The number of hydrogen-bond acceptors (Lipinski definition) is 4. The maximum atomic E-state index is 6.08. The van der Waals surface area contributed by atoms with E-state index in [1.165, 1.54) is 21.9 Å². The Labute approximate surface area is 306 Å². The fraction of sp³-hybridized carbons (Fsp3) is 0. The SMILES string of the molecule is c1cncc(-c2ccccc2-c2nc(-c3ccc(-c4ccc5oc6ccccc6c5c4)cc3)cc(-c3ccc(-c4cccc5ccccc45)cc3)n2)c1. The quantitative estimate of drug-likeness (QED) is 0.176. The van der Waals surface area contributed by atoms with Crippen LogP contribution >= 0.6 is 0 Å². The minimum Gasteiger partial charge on any atom is -0.456 e. The first-order valence-corrected chi connectivity index (χ1v) is 17.7. The van der Waals surface area contributed by atoms with E-state index in [0.29, 0.717) is 5.82 Å². The molecule has 7 aromatic carbocycles. The molecule has 0 saturated heterocycles. The molecule has 0 amide bonds. The molecule has 0 bridgehead atoms. The maximum Gasteiger partial charge on any atom is 0.161 e. The van der Waals surface area contributed by atoms with Gasteiger partial charge >= 0.3 is 0 Å². The van der Waals surface area contributed by atoms with Crippen LogP contribution in [0.1, 0.15) is 0 Å². The molecule has 0 unspecified atom stereocenters. The number of para-hydroxylation sites is 1. The van der Waals surface area contributed by atoms with E-state index in [4.69, 9.17) is 14.4 Å². The molecule has 10 aromatic rings. The van der Waals surface area contributed by atoms with Crippen molar-refractivity contribution in [1.29, 1.82) is 0 Å². The minimum absolute atomic E-state index is 0.663. The third kappa shape index (κ3) is 5.63. The van der Waals surface area contributed by atoms with Gasteiger partial charge in [-0.2, -0.15) is 0 Å². The lowest BCUT2D eigenvalue weighted by atomic mass is 9.96. The summed E-state index contributed by atoms with van der Waals surface area (Å²) >= 11 is 0. The van der Waals surface area contributed by atoms with Crippen LogP contribution in [0.5, 0.6) is 0 Å². The molecule has 0 fully saturated rings. The number of benzene rings is 7. The Balaban J connectivity index is 1.07. The third-order valence-electron chi connectivity index (χ3n) is 10.0. The standard InChI is InChI=1S/C49H31N3O/c1-2-12-39-33(9-1)10-7-16-40(39)34-20-24-36(25-21-34)46-30-45(51-49(52-46)43-15-4-3-13-41(43)38-11-8-28-50-31-38)35-22-18-32(19-23-35)37-26-27-48-44(29-37)42-14-5-6-17-47(42)53-48/h1-31H. The zero-order chi connectivity index (χ0) is 35.1. The van der Waals surface area contributed by atoms with Crippen molar-refractivity contribution in [2.75, 3.05) is 0 Å². The van der Waals surface area contributed by atoms with E-state index >= 15 is 0 Å². The molecular formula is C49H31N3O. The van der Waals surface area contributed by atoms with E-state index in [1.54, 1.807) is 6.20 Å². The molecule has 0 aliphatic heterocycles. The van der Waals surface area contributed by atoms with Crippen molar-refractivity contribution in [2.24, 2.45) is 0 Å². The fourth-order valence-corrected chi connectivity index (χ4v) is 7.35. The van der Waals surface area contributed by atoms with Crippen molar-refractivity contribution in [3.8, 4) is 67.3 Å². The highest BCUT2D eigenvalue weighted by Gasteiger charge is 2.16. The highest BCUT2D eigenvalue weighted by atomic mass is 16.3. The lowest BCUT2D eigenvalue weighted by Gasteiger charge is -2.13. The van der Waals surface area contributed by atoms with Crippen molar-refractivity contribution in [3.05, 3.63) is 188 Å². The molecule has 3 aromatic heterocycles. The molecule has 0 radical (unpaired) electrons. The van der Waals surface area contributed by atoms with Gasteiger partial charge in [0.2, 0.25) is 0 Å². The minimum atomic E-state index is 0.663. The van der Waals surface area contributed by atoms with Crippen LogP contribution in [0.4, 0.5) is 0 Å². The first kappa shape index (κ1) is 30.6. The van der Waals surface area contributed by atoms with Crippen LogP contribution in [0.15, 0.2) is 193 Å². The summed E-state index contributed by atoms with van der Waals surface area (Å²) < 4.78 is 6.08. The lowest BCUT2D eigenvalue weighted by molar-refractivity contribution is 0.669. The first-order chi connectivity index (χ1) is 26.2. The molecule has 0 N–H and O–H groups in total. The van der Waals surface area contributed by atoms with Crippen molar-refractivity contribution in [1.82, 2.24) is 15.0 Å². The monoisotopic (exact) mass is 677 g/mol. The normalized spacial score (nSPS) is 11.4. The number of rotatable bonds is 6. The predicted molar refractivity (Wildman–Crippen MR) is 217 cm³/mol. The van der Waals surface area contributed by atoms with Gasteiger partial charge in [0.05, 0.1) is 11.4 Å². The molecular weight excluding hydrogens is 647 g/mol. The van der Waals surface area contributed by atoms with Crippen molar-refractivity contribution in [2.45, 2.75) is 0 Å². The van der Waals surface area contributed by atoms with E-state index in [9.17, 15) is 0 Å². The molecule has 0 saturated carbocycles. The predicted octanol–water partition coefficient (Wildman–Crippen LogP) is 12.9. The van der Waals surface area contributed by atoms with Crippen molar-refractivity contribution < 1.29 is 4.42 Å². The molecule has 3 heterocycles. The van der Waals surface area contributed by atoms with Gasteiger partial charge in [0.1, 0.15) is 11.2 Å². The largest absolute Gasteiger partial charge is 0.456 e. The average Bonchev–Trinajstić information content (AvgIpc) is 3.62. The van der Waals surface area contributed by atoms with E-state index < -0.39 is 0 Å². The Kier molecular flexibility index (Phi) is 7.43. The van der Waals surface area contributed by atoms with Gasteiger partial charge in [0.25, 0.3) is 0 Å². The Morgan fingerprint density at radius 2 is 0.962 bits per heavy atom. The van der Waals surface area contributed by atoms with E-state index in [0.717, 1.165) is 72.3 Å². The summed E-state index contributed by atoms with van der Waals surface area (Å²) in [5, 5.41) is 4.71. The molecule has 0 spiro atoms. The number of hydrogen-bond donors (Lipinski definition) is 0. The van der Waals surface area contributed by atoms with Crippen LogP contribution in [0.25, 0.3) is 100.0 Å². The Hall–Kier alpha value is -7.17. The zero-order valence-electron chi connectivity index (χ0n) is 28.6. The first-order valence-electron chi connectivity index (χ1n) is 17.7. The van der Waals surface area contributed by atoms with Crippen LogP contribution in [0, 0.1) is 0 Å². The summed E-state index contributed by atoms with van der Waals surface area (Å²) in [6.45, 7) is 0. The molecule has 53 heavy (non-hydrogen) atoms. The summed E-state index contributed by atoms with van der Waals surface area (Å²) in [7, 11) is 0. The van der Waals surface area contributed by atoms with Gasteiger partial charge in [-0.05, 0) is 68.9 Å². The van der Waals surface area contributed by atoms with E-state index in [-0.39, 0.29) is 0 Å². The highest BCUT2D eigenvalue weighted by molar-refractivity contribution is 6.06. The second-order valence-electron chi connectivity index (χ2n) is 13.2. The van der Waals surface area contributed by atoms with Crippen molar-refractivity contribution >= 4 is 32.7 Å². The number of pyridine rings is 1. The number of aromatic nitrogens is 3. The van der Waals surface area contributed by atoms with Crippen LogP contribution in [-0.2, 0) is 0 Å². The Morgan fingerprint density at radius 3 is 1.74 bits per heavy atom. The van der Waals surface area contributed by atoms with Gasteiger partial charge in [-0.3, -0.25) is 4.98 Å². The van der Waals surface area contributed by atoms with E-state index in [2.05, 4.69) is 151 Å². The fourth-order valence-electron chi connectivity index (χ4n) is 7.35. The molecule has 4 heteroatoms. The molecule has 0 aliphatic carbocycles. The van der Waals surface area contributed by atoms with Crippen LogP contribution in [-0.4, -0.2) is 15.0 Å². The average molecular weight is 678 g/mol. The number of fused-ring (bicyclic) bond motifs is 4. The smallest absolute Gasteiger partial charge is 0.161 e. The number of nitrogens with zero attached hydrogens (tertiary/aromatic N) is 3. The van der Waals surface area contributed by atoms with Gasteiger partial charge in [-0.1, -0.05) is 146 Å². The Morgan fingerprint density at radius 1 is 0.358 bits per heavy atom. The maximum absolute atomic E-state index is 6.08. The topological polar surface area (TPSA) is 51.8 Å². The van der Waals surface area contributed by atoms with Crippen LogP contribution < -0.4 is 0 Å². The summed E-state index contributed by atoms with van der Waals surface area (Å²) in [6.07, 6.45) is 3.68. The third-order valence-corrected chi connectivity index (χ3v) is 10.0. The second-order valence-corrected chi connectivity index (χ2v) is 13.2. The van der Waals surface area contributed by atoms with Crippen LogP contribution in [0.2, 0.25) is 0 Å². The van der Waals surface area contributed by atoms with Gasteiger partial charge in [-0.25, -0.2) is 9.97 Å². The van der Waals surface area contributed by atoms with Gasteiger partial charge in [0, 0.05) is 45.4 Å². The second kappa shape index (κ2) is 12.9. The molecule has 0 aliphatic rings. The van der Waals surface area contributed by atoms with Gasteiger partial charge in [-0.15, -0.1) is 0 Å². The molecule has 4 nitrogen and oxygen atoms in total. The van der Waals surface area contributed by atoms with Crippen LogP contribution in [0.3, 0.4) is 0 Å². The summed E-state index contributed by atoms with van der Waals surface area (Å²) in [6, 6.07) is 61.4. The van der Waals surface area contributed by atoms with E-state index in [1.807, 2.05) is 36.5 Å². The summed E-state index contributed by atoms with van der Waals surface area (Å²) in [5.41, 5.74) is 13.2. The van der Waals surface area contributed by atoms with Crippen molar-refractivity contribution in [3.63, 3.8) is 0 Å². The Bertz CT molecular complexity index is 2920. The zero-order valence-corrected chi connectivity index (χ0v) is 28.6. The highest BCUT2D eigenvalue weighted by Crippen LogP contribution is 2.36. The van der Waals surface area contributed by atoms with Gasteiger partial charge in [0.15, 0.2) is 5.82 Å². The number of furan rings is 1.